The summed E-state index contributed by atoms with van der Waals surface area (Å²) < 4.78 is 6.97. The maximum absolute atomic E-state index is 12.4. The molecular formula is C16H22N2O3. The van der Waals surface area contributed by atoms with E-state index in [2.05, 4.69) is 0 Å². The Labute approximate surface area is 124 Å². The van der Waals surface area contributed by atoms with Crippen LogP contribution in [0.5, 0.6) is 0 Å². The first-order chi connectivity index (χ1) is 10.0. The minimum Gasteiger partial charge on any atom is -0.389 e. The van der Waals surface area contributed by atoms with E-state index in [1.807, 2.05) is 44.2 Å². The van der Waals surface area contributed by atoms with Gasteiger partial charge in [-0.15, -0.1) is 0 Å². The van der Waals surface area contributed by atoms with Crippen LogP contribution in [0.25, 0.3) is 10.9 Å². The average Bonchev–Trinajstić information content (AvgIpc) is 2.47. The molecule has 0 bridgehead atoms. The number of pyridine rings is 1. The molecule has 1 heterocycles. The van der Waals surface area contributed by atoms with Crippen molar-refractivity contribution in [2.24, 2.45) is 5.73 Å². The molecular weight excluding hydrogens is 268 g/mol. The molecule has 21 heavy (non-hydrogen) atoms. The van der Waals surface area contributed by atoms with E-state index in [-0.39, 0.29) is 31.4 Å². The number of para-hydroxylation sites is 1. The SMILES string of the molecule is CC(C)OCC(O)Cn1c(=O)c(CN)cc2ccccc21. The Balaban J connectivity index is 2.37. The highest BCUT2D eigenvalue weighted by molar-refractivity contribution is 5.79. The second kappa shape index (κ2) is 6.85. The van der Waals surface area contributed by atoms with E-state index >= 15 is 0 Å². The Morgan fingerprint density at radius 3 is 2.71 bits per heavy atom. The summed E-state index contributed by atoms with van der Waals surface area (Å²) in [5, 5.41) is 11.0. The van der Waals surface area contributed by atoms with Crippen LogP contribution >= 0.6 is 0 Å². The highest BCUT2D eigenvalue weighted by Crippen LogP contribution is 2.14. The van der Waals surface area contributed by atoms with Gasteiger partial charge in [0.2, 0.25) is 0 Å². The van der Waals surface area contributed by atoms with Gasteiger partial charge in [-0.3, -0.25) is 4.79 Å². The molecule has 2 rings (SSSR count). The lowest BCUT2D eigenvalue weighted by Crippen LogP contribution is -2.32. The lowest BCUT2D eigenvalue weighted by molar-refractivity contribution is -0.000607. The molecule has 5 heteroatoms. The first-order valence-electron chi connectivity index (χ1n) is 7.14. The highest BCUT2D eigenvalue weighted by Gasteiger charge is 2.13. The third-order valence-electron chi connectivity index (χ3n) is 3.31. The predicted molar refractivity (Wildman–Crippen MR) is 83.2 cm³/mol. The fraction of sp³-hybridized carbons (Fsp3) is 0.438. The Kier molecular flexibility index (Phi) is 5.12. The lowest BCUT2D eigenvalue weighted by atomic mass is 10.1. The molecule has 0 fully saturated rings. The van der Waals surface area contributed by atoms with Gasteiger partial charge in [0.1, 0.15) is 0 Å². The van der Waals surface area contributed by atoms with E-state index in [4.69, 9.17) is 10.5 Å². The summed E-state index contributed by atoms with van der Waals surface area (Å²) >= 11 is 0. The normalized spacial score (nSPS) is 13.0. The molecule has 0 spiro atoms. The topological polar surface area (TPSA) is 77.5 Å². The van der Waals surface area contributed by atoms with Gasteiger partial charge in [0.25, 0.3) is 5.56 Å². The first-order valence-corrected chi connectivity index (χ1v) is 7.14. The quantitative estimate of drug-likeness (QED) is 0.839. The van der Waals surface area contributed by atoms with Crippen molar-refractivity contribution in [3.63, 3.8) is 0 Å². The minimum atomic E-state index is -0.735. The molecule has 0 aliphatic heterocycles. The number of rotatable bonds is 6. The number of hydrogen-bond donors (Lipinski definition) is 2. The fourth-order valence-electron chi connectivity index (χ4n) is 2.28. The van der Waals surface area contributed by atoms with Crippen molar-refractivity contribution < 1.29 is 9.84 Å². The van der Waals surface area contributed by atoms with Crippen LogP contribution in [0.2, 0.25) is 0 Å². The molecule has 0 aliphatic rings. The Hall–Kier alpha value is -1.69. The highest BCUT2D eigenvalue weighted by atomic mass is 16.5. The number of nitrogens with two attached hydrogens (primary N) is 1. The van der Waals surface area contributed by atoms with Crippen molar-refractivity contribution in [1.82, 2.24) is 4.57 Å². The lowest BCUT2D eigenvalue weighted by Gasteiger charge is -2.17. The number of aromatic nitrogens is 1. The fourth-order valence-corrected chi connectivity index (χ4v) is 2.28. The second-order valence-corrected chi connectivity index (χ2v) is 5.38. The van der Waals surface area contributed by atoms with Gasteiger partial charge in [-0.2, -0.15) is 0 Å². The van der Waals surface area contributed by atoms with E-state index in [0.29, 0.717) is 5.56 Å². The smallest absolute Gasteiger partial charge is 0.255 e. The Bertz CT molecular complexity index is 664. The van der Waals surface area contributed by atoms with Crippen molar-refractivity contribution in [2.45, 2.75) is 39.1 Å². The van der Waals surface area contributed by atoms with Crippen LogP contribution in [-0.4, -0.2) is 28.5 Å². The minimum absolute atomic E-state index is 0.0449. The van der Waals surface area contributed by atoms with Gasteiger partial charge in [0.15, 0.2) is 0 Å². The van der Waals surface area contributed by atoms with Crippen LogP contribution in [-0.2, 0) is 17.8 Å². The monoisotopic (exact) mass is 290 g/mol. The molecule has 1 unspecified atom stereocenters. The number of aliphatic hydroxyl groups is 1. The molecule has 114 valence electrons. The van der Waals surface area contributed by atoms with Crippen LogP contribution in [0.1, 0.15) is 19.4 Å². The van der Waals surface area contributed by atoms with E-state index < -0.39 is 6.10 Å². The van der Waals surface area contributed by atoms with Gasteiger partial charge < -0.3 is 20.1 Å². The summed E-state index contributed by atoms with van der Waals surface area (Å²) in [6, 6.07) is 9.40. The van der Waals surface area contributed by atoms with Gasteiger partial charge in [-0.25, -0.2) is 0 Å². The standard InChI is InChI=1S/C16H22N2O3/c1-11(2)21-10-14(19)9-18-15-6-4-3-5-12(15)7-13(8-17)16(18)20/h3-7,11,14,19H,8-10,17H2,1-2H3. The third kappa shape index (κ3) is 3.69. The van der Waals surface area contributed by atoms with Gasteiger partial charge in [-0.05, 0) is 31.4 Å². The average molecular weight is 290 g/mol. The third-order valence-corrected chi connectivity index (χ3v) is 3.31. The number of benzene rings is 1. The number of hydrogen-bond acceptors (Lipinski definition) is 4. The maximum atomic E-state index is 12.4. The van der Waals surface area contributed by atoms with Crippen LogP contribution in [0, 0.1) is 0 Å². The molecule has 0 aliphatic carbocycles. The first kappa shape index (κ1) is 15.7. The van der Waals surface area contributed by atoms with E-state index in [1.54, 1.807) is 4.57 Å². The molecule has 3 N–H and O–H groups in total. The van der Waals surface area contributed by atoms with Crippen molar-refractivity contribution in [3.05, 3.63) is 46.2 Å². The van der Waals surface area contributed by atoms with Crippen molar-refractivity contribution >= 4 is 10.9 Å². The van der Waals surface area contributed by atoms with Crippen LogP contribution < -0.4 is 11.3 Å². The zero-order valence-corrected chi connectivity index (χ0v) is 12.5. The Morgan fingerprint density at radius 2 is 2.05 bits per heavy atom. The number of fused-ring (bicyclic) bond motifs is 1. The van der Waals surface area contributed by atoms with Gasteiger partial charge >= 0.3 is 0 Å². The van der Waals surface area contributed by atoms with Gasteiger partial charge in [-0.1, -0.05) is 18.2 Å². The van der Waals surface area contributed by atoms with Gasteiger partial charge in [0, 0.05) is 12.1 Å². The molecule has 1 aromatic carbocycles. The molecule has 1 aromatic heterocycles. The summed E-state index contributed by atoms with van der Waals surface area (Å²) in [6.45, 7) is 4.39. The number of nitrogens with zero attached hydrogens (tertiary/aromatic N) is 1. The summed E-state index contributed by atoms with van der Waals surface area (Å²) in [6.07, 6.45) is -0.690. The maximum Gasteiger partial charge on any atom is 0.255 e. The number of aliphatic hydroxyl groups excluding tert-OH is 1. The molecule has 0 radical (unpaired) electrons. The molecule has 1 atom stereocenters. The van der Waals surface area contributed by atoms with Crippen molar-refractivity contribution in [2.75, 3.05) is 6.61 Å². The zero-order valence-electron chi connectivity index (χ0n) is 12.5. The Morgan fingerprint density at radius 1 is 1.33 bits per heavy atom. The van der Waals surface area contributed by atoms with Crippen molar-refractivity contribution in [3.8, 4) is 0 Å². The largest absolute Gasteiger partial charge is 0.389 e. The molecule has 2 aromatic rings. The summed E-state index contributed by atoms with van der Waals surface area (Å²) in [5.41, 5.74) is 6.83. The zero-order chi connectivity index (χ0) is 15.4. The number of ether oxygens (including phenoxy) is 1. The molecule has 5 nitrogen and oxygen atoms in total. The summed E-state index contributed by atoms with van der Waals surface area (Å²) in [5.74, 6) is 0. The van der Waals surface area contributed by atoms with Crippen LogP contribution in [0.4, 0.5) is 0 Å². The van der Waals surface area contributed by atoms with Crippen LogP contribution in [0.3, 0.4) is 0 Å². The molecule has 0 saturated heterocycles. The van der Waals surface area contributed by atoms with E-state index in [9.17, 15) is 9.90 Å². The van der Waals surface area contributed by atoms with Crippen molar-refractivity contribution in [1.29, 1.82) is 0 Å². The van der Waals surface area contributed by atoms with E-state index in [0.717, 1.165) is 10.9 Å². The molecule has 0 amide bonds. The molecule has 0 saturated carbocycles. The van der Waals surface area contributed by atoms with Gasteiger partial charge in [0.05, 0.1) is 30.9 Å². The summed E-state index contributed by atoms with van der Waals surface area (Å²) in [7, 11) is 0. The summed E-state index contributed by atoms with van der Waals surface area (Å²) in [4.78, 5) is 12.4. The van der Waals surface area contributed by atoms with E-state index in [1.165, 1.54) is 0 Å². The second-order valence-electron chi connectivity index (χ2n) is 5.38. The predicted octanol–water partition coefficient (Wildman–Crippen LogP) is 1.25. The van der Waals surface area contributed by atoms with Crippen LogP contribution in [0.15, 0.2) is 35.1 Å².